The van der Waals surface area contributed by atoms with Crippen molar-refractivity contribution in [2.75, 3.05) is 18.2 Å². The van der Waals surface area contributed by atoms with Gasteiger partial charge in [0, 0.05) is 17.0 Å². The van der Waals surface area contributed by atoms with E-state index >= 15 is 0 Å². The Bertz CT molecular complexity index is 935. The molecule has 0 aromatic heterocycles. The van der Waals surface area contributed by atoms with Crippen LogP contribution in [0.3, 0.4) is 0 Å². The van der Waals surface area contributed by atoms with Crippen LogP contribution in [-0.4, -0.2) is 27.2 Å². The van der Waals surface area contributed by atoms with Crippen molar-refractivity contribution in [2.45, 2.75) is 42.9 Å². The number of benzene rings is 2. The molecule has 150 valence electrons. The second-order valence-electron chi connectivity index (χ2n) is 7.15. The largest absolute Gasteiger partial charge is 0.483 e. The van der Waals surface area contributed by atoms with Crippen LogP contribution < -0.4 is 10.1 Å². The van der Waals surface area contributed by atoms with Crippen molar-refractivity contribution >= 4 is 33.0 Å². The van der Waals surface area contributed by atoms with Crippen molar-refractivity contribution in [1.82, 2.24) is 0 Å². The maximum absolute atomic E-state index is 12.2. The number of halogens is 1. The van der Waals surface area contributed by atoms with Gasteiger partial charge in [-0.2, -0.15) is 0 Å². The lowest BCUT2D eigenvalue weighted by molar-refractivity contribution is -0.118. The monoisotopic (exact) mass is 421 g/mol. The molecule has 1 N–H and O–H groups in total. The van der Waals surface area contributed by atoms with Crippen LogP contribution in [0.1, 0.15) is 43.6 Å². The second kappa shape index (κ2) is 8.97. The molecular weight excluding hydrogens is 398 g/mol. The first-order chi connectivity index (χ1) is 13.3. The van der Waals surface area contributed by atoms with Crippen molar-refractivity contribution < 1.29 is 17.9 Å². The molecule has 0 heterocycles. The van der Waals surface area contributed by atoms with Crippen LogP contribution in [0.25, 0.3) is 0 Å². The quantitative estimate of drug-likeness (QED) is 0.726. The summed E-state index contributed by atoms with van der Waals surface area (Å²) in [5.74, 6) is 0.796. The highest BCUT2D eigenvalue weighted by atomic mass is 35.5. The van der Waals surface area contributed by atoms with Crippen molar-refractivity contribution in [3.8, 4) is 5.75 Å². The minimum atomic E-state index is -3.26. The van der Waals surface area contributed by atoms with Crippen LogP contribution in [0.15, 0.2) is 47.4 Å². The third kappa shape index (κ3) is 5.49. The zero-order chi connectivity index (χ0) is 20.1. The van der Waals surface area contributed by atoms with Crippen LogP contribution in [0.4, 0.5) is 5.69 Å². The number of amides is 1. The van der Waals surface area contributed by atoms with Crippen molar-refractivity contribution in [2.24, 2.45) is 0 Å². The molecule has 1 fully saturated rings. The van der Waals surface area contributed by atoms with Crippen LogP contribution in [0, 0.1) is 0 Å². The van der Waals surface area contributed by atoms with E-state index in [0.29, 0.717) is 22.4 Å². The highest BCUT2D eigenvalue weighted by Gasteiger charge is 2.20. The normalized spacial score (nSPS) is 15.2. The Labute approximate surface area is 171 Å². The lowest BCUT2D eigenvalue weighted by atomic mass is 9.84. The molecule has 1 aliphatic rings. The Morgan fingerprint density at radius 1 is 1.11 bits per heavy atom. The molecule has 2 aromatic carbocycles. The number of sulfone groups is 1. The lowest BCUT2D eigenvalue weighted by Gasteiger charge is -2.24. The molecule has 5 nitrogen and oxygen atoms in total. The maximum Gasteiger partial charge on any atom is 0.262 e. The molecule has 0 spiro atoms. The Morgan fingerprint density at radius 3 is 2.43 bits per heavy atom. The highest BCUT2D eigenvalue weighted by molar-refractivity contribution is 7.90. The number of hydrogen-bond donors (Lipinski definition) is 1. The Balaban J connectivity index is 1.63. The van der Waals surface area contributed by atoms with Crippen LogP contribution in [-0.2, 0) is 14.6 Å². The van der Waals surface area contributed by atoms with Crippen molar-refractivity contribution in [3.05, 3.63) is 53.1 Å². The lowest BCUT2D eigenvalue weighted by Crippen LogP contribution is -2.21. The van der Waals surface area contributed by atoms with Gasteiger partial charge in [0.1, 0.15) is 5.75 Å². The molecule has 1 amide bonds. The number of hydrogen-bond acceptors (Lipinski definition) is 4. The fourth-order valence-electron chi connectivity index (χ4n) is 3.51. The molecule has 28 heavy (non-hydrogen) atoms. The van der Waals surface area contributed by atoms with Gasteiger partial charge in [0.25, 0.3) is 5.91 Å². The predicted octanol–water partition coefficient (Wildman–Crippen LogP) is 4.81. The summed E-state index contributed by atoms with van der Waals surface area (Å²) in [4.78, 5) is 12.5. The van der Waals surface area contributed by atoms with E-state index < -0.39 is 9.84 Å². The number of anilines is 1. The number of carbonyl (C=O) groups excluding carboxylic acids is 1. The van der Waals surface area contributed by atoms with Gasteiger partial charge in [0.15, 0.2) is 16.4 Å². The number of nitrogens with one attached hydrogen (secondary N) is 1. The molecule has 0 bridgehead atoms. The summed E-state index contributed by atoms with van der Waals surface area (Å²) in [5, 5.41) is 3.39. The van der Waals surface area contributed by atoms with Gasteiger partial charge in [-0.3, -0.25) is 4.79 Å². The molecule has 1 aliphatic carbocycles. The van der Waals surface area contributed by atoms with E-state index in [4.69, 9.17) is 16.3 Å². The van der Waals surface area contributed by atoms with E-state index in [9.17, 15) is 13.2 Å². The number of rotatable bonds is 6. The first-order valence-corrected chi connectivity index (χ1v) is 11.6. The first kappa shape index (κ1) is 20.7. The molecular formula is C21H24ClNO4S. The fraction of sp³-hybridized carbons (Fsp3) is 0.381. The number of carbonyl (C=O) groups is 1. The summed E-state index contributed by atoms with van der Waals surface area (Å²) in [7, 11) is -3.26. The van der Waals surface area contributed by atoms with E-state index in [0.717, 1.165) is 24.7 Å². The van der Waals surface area contributed by atoms with Crippen molar-refractivity contribution in [3.63, 3.8) is 0 Å². The third-order valence-corrected chi connectivity index (χ3v) is 6.31. The molecule has 0 saturated heterocycles. The van der Waals surface area contributed by atoms with E-state index in [1.54, 1.807) is 18.2 Å². The number of ether oxygens (including phenoxy) is 1. The molecule has 2 aromatic rings. The van der Waals surface area contributed by atoms with Gasteiger partial charge in [-0.05, 0) is 66.8 Å². The van der Waals surface area contributed by atoms with E-state index in [1.807, 2.05) is 12.1 Å². The Hall–Kier alpha value is -2.05. The smallest absolute Gasteiger partial charge is 0.262 e. The van der Waals surface area contributed by atoms with Gasteiger partial charge in [-0.15, -0.1) is 0 Å². The second-order valence-corrected chi connectivity index (χ2v) is 9.60. The molecule has 0 radical (unpaired) electrons. The van der Waals surface area contributed by atoms with Gasteiger partial charge in [0.05, 0.1) is 4.90 Å². The van der Waals surface area contributed by atoms with E-state index in [2.05, 4.69) is 5.32 Å². The standard InChI is InChI=1S/C21H24ClNO4S/c1-28(25,26)18-10-8-17(9-11-18)23-21(24)14-27-20-12-7-16(22)13-19(20)15-5-3-2-4-6-15/h7-13,15H,2-6,14H2,1H3,(H,23,24). The zero-order valence-corrected chi connectivity index (χ0v) is 17.4. The summed E-state index contributed by atoms with van der Waals surface area (Å²) in [5.41, 5.74) is 1.59. The van der Waals surface area contributed by atoms with Gasteiger partial charge in [0.2, 0.25) is 0 Å². The molecule has 0 atom stereocenters. The minimum Gasteiger partial charge on any atom is -0.483 e. The SMILES string of the molecule is CS(=O)(=O)c1ccc(NC(=O)COc2ccc(Cl)cc2C2CCCCC2)cc1. The van der Waals surface area contributed by atoms with Crippen molar-refractivity contribution in [1.29, 1.82) is 0 Å². The summed E-state index contributed by atoms with van der Waals surface area (Å²) in [6, 6.07) is 11.6. The summed E-state index contributed by atoms with van der Waals surface area (Å²) < 4.78 is 28.8. The predicted molar refractivity (Wildman–Crippen MR) is 111 cm³/mol. The average Bonchev–Trinajstić information content (AvgIpc) is 2.67. The van der Waals surface area contributed by atoms with Crippen LogP contribution in [0.5, 0.6) is 5.75 Å². The van der Waals surface area contributed by atoms with Gasteiger partial charge in [-0.25, -0.2) is 8.42 Å². The molecule has 7 heteroatoms. The van der Waals surface area contributed by atoms with Gasteiger partial charge < -0.3 is 10.1 Å². The van der Waals surface area contributed by atoms with Crippen LogP contribution in [0.2, 0.25) is 5.02 Å². The molecule has 0 aliphatic heterocycles. The maximum atomic E-state index is 12.2. The third-order valence-electron chi connectivity index (χ3n) is 4.94. The highest BCUT2D eigenvalue weighted by Crippen LogP contribution is 2.38. The minimum absolute atomic E-state index is 0.130. The summed E-state index contributed by atoms with van der Waals surface area (Å²) in [6.45, 7) is -0.130. The van der Waals surface area contributed by atoms with E-state index in [-0.39, 0.29) is 17.4 Å². The Kier molecular flexibility index (Phi) is 6.62. The molecule has 0 unspecified atom stereocenters. The van der Waals surface area contributed by atoms with Gasteiger partial charge in [-0.1, -0.05) is 30.9 Å². The van der Waals surface area contributed by atoms with E-state index in [1.165, 1.54) is 31.4 Å². The summed E-state index contributed by atoms with van der Waals surface area (Å²) in [6.07, 6.45) is 7.00. The summed E-state index contributed by atoms with van der Waals surface area (Å²) >= 11 is 6.17. The van der Waals surface area contributed by atoms with Gasteiger partial charge >= 0.3 is 0 Å². The first-order valence-electron chi connectivity index (χ1n) is 9.35. The van der Waals surface area contributed by atoms with Crippen LogP contribution >= 0.6 is 11.6 Å². The average molecular weight is 422 g/mol. The molecule has 3 rings (SSSR count). The molecule has 1 saturated carbocycles. The fourth-order valence-corrected chi connectivity index (χ4v) is 4.32. The zero-order valence-electron chi connectivity index (χ0n) is 15.8. The Morgan fingerprint density at radius 2 is 1.79 bits per heavy atom. The topological polar surface area (TPSA) is 72.5 Å².